The van der Waals surface area contributed by atoms with E-state index in [4.69, 9.17) is 9.72 Å². The number of Topliss-reactive ketones (excluding diaryl/α,β-unsaturated/α-hetero) is 1. The number of aliphatic hydroxyl groups is 1. The van der Waals surface area contributed by atoms with Gasteiger partial charge < -0.3 is 9.84 Å². The third-order valence-electron chi connectivity index (χ3n) is 7.24. The molecule has 0 saturated carbocycles. The van der Waals surface area contributed by atoms with Crippen LogP contribution in [-0.2, 0) is 22.4 Å². The zero-order valence-corrected chi connectivity index (χ0v) is 21.5. The molecule has 3 aromatic carbocycles. The maximum absolute atomic E-state index is 13.5. The van der Waals surface area contributed by atoms with Gasteiger partial charge in [0.15, 0.2) is 5.13 Å². The molecular formula is C30H26N2O4S. The monoisotopic (exact) mass is 510 g/mol. The van der Waals surface area contributed by atoms with Crippen LogP contribution in [-0.4, -0.2) is 28.9 Å². The standard InChI is InChI=1S/C30H26N2O4S/c1-17-7-14-23-24(15-17)37-30(31-23)32-26(19-10-12-22(36-2)13-11-19)25(28(34)29(32)35)27(33)21-9-8-18-5-3-4-6-20(18)16-21/h7-16,26,33H,3-6H2,1-2H3/b27-25+. The number of carbonyl (C=O) groups excluding carboxylic acids is 2. The summed E-state index contributed by atoms with van der Waals surface area (Å²) in [5, 5.41) is 11.9. The normalized spacial score (nSPS) is 18.9. The lowest BCUT2D eigenvalue weighted by molar-refractivity contribution is -0.132. The Morgan fingerprint density at radius 1 is 1.00 bits per heavy atom. The summed E-state index contributed by atoms with van der Waals surface area (Å²) in [5.41, 5.74) is 5.62. The summed E-state index contributed by atoms with van der Waals surface area (Å²) in [6.45, 7) is 2.00. The van der Waals surface area contributed by atoms with E-state index in [0.29, 0.717) is 22.0 Å². The summed E-state index contributed by atoms with van der Waals surface area (Å²) in [4.78, 5) is 33.1. The van der Waals surface area contributed by atoms with Crippen molar-refractivity contribution >= 4 is 44.1 Å². The number of fused-ring (bicyclic) bond motifs is 2. The molecule has 1 aromatic heterocycles. The van der Waals surface area contributed by atoms with E-state index in [1.54, 1.807) is 19.2 Å². The van der Waals surface area contributed by atoms with Gasteiger partial charge >= 0.3 is 5.91 Å². The minimum atomic E-state index is -0.816. The average molecular weight is 511 g/mol. The van der Waals surface area contributed by atoms with Crippen LogP contribution in [0.4, 0.5) is 5.13 Å². The Morgan fingerprint density at radius 2 is 1.76 bits per heavy atom. The van der Waals surface area contributed by atoms with Crippen LogP contribution in [0.1, 0.15) is 46.7 Å². The average Bonchev–Trinajstić information content (AvgIpc) is 3.45. The summed E-state index contributed by atoms with van der Waals surface area (Å²) in [5.74, 6) is -0.916. The number of thiazole rings is 1. The number of aromatic nitrogens is 1. The molecule has 1 aliphatic heterocycles. The summed E-state index contributed by atoms with van der Waals surface area (Å²) in [6.07, 6.45) is 4.22. The van der Waals surface area contributed by atoms with Crippen molar-refractivity contribution in [3.8, 4) is 5.75 Å². The zero-order valence-electron chi connectivity index (χ0n) is 20.7. The maximum Gasteiger partial charge on any atom is 0.301 e. The minimum absolute atomic E-state index is 0.0707. The van der Waals surface area contributed by atoms with Gasteiger partial charge in [0.2, 0.25) is 0 Å². The van der Waals surface area contributed by atoms with E-state index in [9.17, 15) is 14.7 Å². The molecule has 2 heterocycles. The maximum atomic E-state index is 13.5. The number of rotatable bonds is 4. The lowest BCUT2D eigenvalue weighted by atomic mass is 9.89. The number of ketones is 1. The summed E-state index contributed by atoms with van der Waals surface area (Å²) >= 11 is 1.36. The molecular weight excluding hydrogens is 484 g/mol. The topological polar surface area (TPSA) is 79.7 Å². The number of carbonyl (C=O) groups is 2. The van der Waals surface area contributed by atoms with E-state index in [-0.39, 0.29) is 11.3 Å². The number of hydrogen-bond donors (Lipinski definition) is 1. The van der Waals surface area contributed by atoms with Gasteiger partial charge in [0.1, 0.15) is 11.5 Å². The third-order valence-corrected chi connectivity index (χ3v) is 8.25. The van der Waals surface area contributed by atoms with Gasteiger partial charge in [-0.05, 0) is 85.2 Å². The van der Waals surface area contributed by atoms with Crippen molar-refractivity contribution in [1.82, 2.24) is 4.98 Å². The van der Waals surface area contributed by atoms with Crippen LogP contribution in [0.2, 0.25) is 0 Å². The van der Waals surface area contributed by atoms with Crippen molar-refractivity contribution in [2.45, 2.75) is 38.6 Å². The van der Waals surface area contributed by atoms with Crippen LogP contribution >= 0.6 is 11.3 Å². The Hall–Kier alpha value is -3.97. The van der Waals surface area contributed by atoms with Crippen LogP contribution in [0.3, 0.4) is 0 Å². The Bertz CT molecular complexity index is 1590. The highest BCUT2D eigenvalue weighted by molar-refractivity contribution is 7.22. The number of ether oxygens (including phenoxy) is 1. The highest BCUT2D eigenvalue weighted by Crippen LogP contribution is 2.44. The number of anilines is 1. The lowest BCUT2D eigenvalue weighted by Crippen LogP contribution is -2.29. The first kappa shape index (κ1) is 23.4. The molecule has 1 unspecified atom stereocenters. The molecule has 1 atom stereocenters. The second-order valence-corrected chi connectivity index (χ2v) is 10.6. The Morgan fingerprint density at radius 3 is 2.51 bits per heavy atom. The lowest BCUT2D eigenvalue weighted by Gasteiger charge is -2.23. The molecule has 4 aromatic rings. The molecule has 37 heavy (non-hydrogen) atoms. The van der Waals surface area contributed by atoms with E-state index in [0.717, 1.165) is 41.5 Å². The van der Waals surface area contributed by atoms with Crippen molar-refractivity contribution < 1.29 is 19.4 Å². The molecule has 1 saturated heterocycles. The fourth-order valence-electron chi connectivity index (χ4n) is 5.29. The minimum Gasteiger partial charge on any atom is -0.507 e. The molecule has 0 radical (unpaired) electrons. The molecule has 1 amide bonds. The summed E-state index contributed by atoms with van der Waals surface area (Å²) in [7, 11) is 1.58. The second-order valence-electron chi connectivity index (χ2n) is 9.60. The Balaban J connectivity index is 1.53. The first-order valence-corrected chi connectivity index (χ1v) is 13.2. The van der Waals surface area contributed by atoms with Crippen LogP contribution in [0.25, 0.3) is 16.0 Å². The molecule has 0 spiro atoms. The third kappa shape index (κ3) is 4.00. The number of hydrogen-bond acceptors (Lipinski definition) is 6. The van der Waals surface area contributed by atoms with Crippen LogP contribution in [0, 0.1) is 6.92 Å². The smallest absolute Gasteiger partial charge is 0.301 e. The second kappa shape index (κ2) is 9.16. The molecule has 0 bridgehead atoms. The van der Waals surface area contributed by atoms with Crippen molar-refractivity contribution in [2.24, 2.45) is 0 Å². The quantitative estimate of drug-likeness (QED) is 0.203. The van der Waals surface area contributed by atoms with Crippen molar-refractivity contribution in [2.75, 3.05) is 12.0 Å². The highest BCUT2D eigenvalue weighted by atomic mass is 32.1. The number of amides is 1. The van der Waals surface area contributed by atoms with Crippen molar-refractivity contribution in [3.63, 3.8) is 0 Å². The van der Waals surface area contributed by atoms with Crippen LogP contribution in [0.5, 0.6) is 5.75 Å². The van der Waals surface area contributed by atoms with Gasteiger partial charge in [-0.25, -0.2) is 4.98 Å². The van der Waals surface area contributed by atoms with Gasteiger partial charge in [0.05, 0.1) is 28.9 Å². The fraction of sp³-hybridized carbons (Fsp3) is 0.233. The van der Waals surface area contributed by atoms with E-state index in [1.165, 1.54) is 27.4 Å². The first-order valence-electron chi connectivity index (χ1n) is 12.4. The fourth-order valence-corrected chi connectivity index (χ4v) is 6.38. The molecule has 7 heteroatoms. The molecule has 6 rings (SSSR count). The molecule has 6 nitrogen and oxygen atoms in total. The number of methoxy groups -OCH3 is 1. The first-order chi connectivity index (χ1) is 17.9. The van der Waals surface area contributed by atoms with Gasteiger partial charge in [-0.15, -0.1) is 0 Å². The Kier molecular flexibility index (Phi) is 5.80. The highest BCUT2D eigenvalue weighted by Gasteiger charge is 2.48. The van der Waals surface area contributed by atoms with Gasteiger partial charge in [-0.2, -0.15) is 0 Å². The largest absolute Gasteiger partial charge is 0.507 e. The van der Waals surface area contributed by atoms with Crippen molar-refractivity contribution in [1.29, 1.82) is 0 Å². The molecule has 1 N–H and O–H groups in total. The van der Waals surface area contributed by atoms with Gasteiger partial charge in [-0.3, -0.25) is 14.5 Å². The number of nitrogens with zero attached hydrogens (tertiary/aromatic N) is 2. The van der Waals surface area contributed by atoms with E-state index in [1.807, 2.05) is 55.5 Å². The van der Waals surface area contributed by atoms with E-state index >= 15 is 0 Å². The van der Waals surface area contributed by atoms with E-state index < -0.39 is 17.7 Å². The summed E-state index contributed by atoms with van der Waals surface area (Å²) in [6, 6.07) is 18.1. The molecule has 1 fully saturated rings. The Labute approximate surface area is 218 Å². The summed E-state index contributed by atoms with van der Waals surface area (Å²) < 4.78 is 6.24. The SMILES string of the molecule is COc1ccc(C2/C(=C(\O)c3ccc4c(c3)CCCC4)C(=O)C(=O)N2c2nc3ccc(C)cc3s2)cc1. The van der Waals surface area contributed by atoms with Gasteiger partial charge in [0, 0.05) is 5.56 Å². The number of benzene rings is 3. The van der Waals surface area contributed by atoms with E-state index in [2.05, 4.69) is 0 Å². The molecule has 186 valence electrons. The van der Waals surface area contributed by atoms with Gasteiger partial charge in [0.25, 0.3) is 5.78 Å². The van der Waals surface area contributed by atoms with Gasteiger partial charge in [-0.1, -0.05) is 41.7 Å². The molecule has 2 aliphatic rings. The van der Waals surface area contributed by atoms with Crippen LogP contribution < -0.4 is 9.64 Å². The molecule has 1 aliphatic carbocycles. The number of aliphatic hydroxyl groups excluding tert-OH is 1. The van der Waals surface area contributed by atoms with Crippen molar-refractivity contribution in [3.05, 3.63) is 94.1 Å². The zero-order chi connectivity index (χ0) is 25.7. The van der Waals surface area contributed by atoms with Crippen LogP contribution in [0.15, 0.2) is 66.2 Å². The predicted octanol–water partition coefficient (Wildman–Crippen LogP) is 6.12. The number of aryl methyl sites for hydroxylation is 3. The predicted molar refractivity (Wildman–Crippen MR) is 145 cm³/mol.